The zero-order valence-corrected chi connectivity index (χ0v) is 16.8. The minimum absolute atomic E-state index is 0.00583. The highest BCUT2D eigenvalue weighted by molar-refractivity contribution is 5.89. The lowest BCUT2D eigenvalue weighted by atomic mass is 9.89. The van der Waals surface area contributed by atoms with E-state index in [4.69, 9.17) is 0 Å². The number of urea groups is 1. The predicted molar refractivity (Wildman–Crippen MR) is 107 cm³/mol. The molecule has 1 aromatic heterocycles. The van der Waals surface area contributed by atoms with Crippen molar-refractivity contribution in [3.05, 3.63) is 47.0 Å². The lowest BCUT2D eigenvalue weighted by molar-refractivity contribution is -0.119. The van der Waals surface area contributed by atoms with Crippen LogP contribution in [0.5, 0.6) is 0 Å². The molecule has 1 saturated heterocycles. The molecule has 154 valence electrons. The number of amides is 3. The van der Waals surface area contributed by atoms with Crippen molar-refractivity contribution >= 4 is 18.1 Å². The van der Waals surface area contributed by atoms with E-state index in [2.05, 4.69) is 10.4 Å². The Labute approximate surface area is 169 Å². The van der Waals surface area contributed by atoms with Crippen LogP contribution >= 0.6 is 0 Å². The van der Waals surface area contributed by atoms with E-state index >= 15 is 0 Å². The molecular formula is C21H26FN5O2. The topological polar surface area (TPSA) is 70.5 Å². The van der Waals surface area contributed by atoms with Gasteiger partial charge in [0.15, 0.2) is 0 Å². The summed E-state index contributed by atoms with van der Waals surface area (Å²) in [6.07, 6.45) is 4.66. The minimum Gasteiger partial charge on any atom is -0.345 e. The van der Waals surface area contributed by atoms with Crippen LogP contribution in [0.1, 0.15) is 42.5 Å². The highest BCUT2D eigenvalue weighted by Gasteiger charge is 2.32. The van der Waals surface area contributed by atoms with Gasteiger partial charge in [0, 0.05) is 18.8 Å². The number of carbonyl (C=O) groups excluding carboxylic acids is 2. The van der Waals surface area contributed by atoms with E-state index in [9.17, 15) is 14.0 Å². The molecule has 29 heavy (non-hydrogen) atoms. The molecule has 1 unspecified atom stereocenters. The van der Waals surface area contributed by atoms with Gasteiger partial charge >= 0.3 is 6.03 Å². The van der Waals surface area contributed by atoms with Crippen LogP contribution in [0.4, 0.5) is 14.9 Å². The zero-order chi connectivity index (χ0) is 20.5. The Balaban J connectivity index is 1.49. The number of likely N-dealkylation sites (tertiary alicyclic amines) is 1. The largest absolute Gasteiger partial charge is 0.345 e. The number of benzene rings is 1. The smallest absolute Gasteiger partial charge is 0.322 e. The van der Waals surface area contributed by atoms with E-state index in [0.29, 0.717) is 30.3 Å². The summed E-state index contributed by atoms with van der Waals surface area (Å²) in [6, 6.07) is 4.37. The molecule has 3 amide bonds. The van der Waals surface area contributed by atoms with Gasteiger partial charge in [-0.2, -0.15) is 5.10 Å². The van der Waals surface area contributed by atoms with Crippen LogP contribution in [0.3, 0.4) is 0 Å². The van der Waals surface area contributed by atoms with Gasteiger partial charge in [0.1, 0.15) is 5.82 Å². The Hall–Kier alpha value is -2.90. The van der Waals surface area contributed by atoms with E-state index < -0.39 is 0 Å². The van der Waals surface area contributed by atoms with E-state index in [0.717, 1.165) is 38.0 Å². The van der Waals surface area contributed by atoms with Crippen molar-refractivity contribution in [3.8, 4) is 0 Å². The Morgan fingerprint density at radius 2 is 2.07 bits per heavy atom. The van der Waals surface area contributed by atoms with Crippen molar-refractivity contribution < 1.29 is 14.0 Å². The average Bonchev–Trinajstić information content (AvgIpc) is 3.12. The van der Waals surface area contributed by atoms with E-state index in [1.165, 1.54) is 11.6 Å². The van der Waals surface area contributed by atoms with Gasteiger partial charge in [-0.3, -0.25) is 9.48 Å². The quantitative estimate of drug-likeness (QED) is 0.807. The fourth-order valence-corrected chi connectivity index (χ4v) is 4.27. The third-order valence-electron chi connectivity index (χ3n) is 6.06. The predicted octanol–water partition coefficient (Wildman–Crippen LogP) is 3.10. The number of hydrogen-bond acceptors (Lipinski definition) is 3. The number of nitrogens with zero attached hydrogens (tertiary/aromatic N) is 4. The summed E-state index contributed by atoms with van der Waals surface area (Å²) in [5, 5.41) is 7.44. The summed E-state index contributed by atoms with van der Waals surface area (Å²) in [7, 11) is 0. The van der Waals surface area contributed by atoms with Crippen molar-refractivity contribution in [3.63, 3.8) is 0 Å². The van der Waals surface area contributed by atoms with Gasteiger partial charge < -0.3 is 15.1 Å². The van der Waals surface area contributed by atoms with Crippen molar-refractivity contribution in [2.45, 2.75) is 51.7 Å². The number of carbonyl (C=O) groups is 2. The SMILES string of the molecule is Cc1cc(NC(=O)N2Cc3c(C4CCN(C=O)CC4)cnn3CC2C)ccc1F. The second-order valence-electron chi connectivity index (χ2n) is 8.02. The third kappa shape index (κ3) is 3.83. The molecule has 1 N–H and O–H groups in total. The van der Waals surface area contributed by atoms with Crippen LogP contribution in [0.15, 0.2) is 24.4 Å². The lowest BCUT2D eigenvalue weighted by Gasteiger charge is -2.36. The third-order valence-corrected chi connectivity index (χ3v) is 6.06. The van der Waals surface area contributed by atoms with E-state index in [-0.39, 0.29) is 17.9 Å². The van der Waals surface area contributed by atoms with Crippen molar-refractivity contribution in [1.82, 2.24) is 19.6 Å². The second-order valence-corrected chi connectivity index (χ2v) is 8.02. The number of rotatable bonds is 3. The summed E-state index contributed by atoms with van der Waals surface area (Å²) in [6.45, 7) is 6.30. The second kappa shape index (κ2) is 7.85. The molecule has 0 spiro atoms. The molecule has 2 aliphatic rings. The summed E-state index contributed by atoms with van der Waals surface area (Å²) >= 11 is 0. The van der Waals surface area contributed by atoms with Gasteiger partial charge in [0.25, 0.3) is 0 Å². The highest BCUT2D eigenvalue weighted by atomic mass is 19.1. The van der Waals surface area contributed by atoms with Gasteiger partial charge in [-0.05, 0) is 61.9 Å². The van der Waals surface area contributed by atoms with Crippen LogP contribution in [-0.4, -0.2) is 51.2 Å². The summed E-state index contributed by atoms with van der Waals surface area (Å²) < 4.78 is 15.5. The zero-order valence-electron chi connectivity index (χ0n) is 16.8. The van der Waals surface area contributed by atoms with Crippen LogP contribution in [0.2, 0.25) is 0 Å². The fourth-order valence-electron chi connectivity index (χ4n) is 4.27. The number of fused-ring (bicyclic) bond motifs is 1. The summed E-state index contributed by atoms with van der Waals surface area (Å²) in [5.41, 5.74) is 3.33. The molecule has 1 aromatic carbocycles. The number of piperidine rings is 1. The molecule has 0 saturated carbocycles. The van der Waals surface area contributed by atoms with Crippen LogP contribution < -0.4 is 5.32 Å². The van der Waals surface area contributed by atoms with Gasteiger partial charge in [-0.25, -0.2) is 9.18 Å². The van der Waals surface area contributed by atoms with Crippen LogP contribution in [0, 0.1) is 12.7 Å². The Bertz CT molecular complexity index is 920. The summed E-state index contributed by atoms with van der Waals surface area (Å²) in [5.74, 6) is 0.0662. The first-order valence-electron chi connectivity index (χ1n) is 10.0. The molecule has 0 aliphatic carbocycles. The van der Waals surface area contributed by atoms with E-state index in [1.807, 2.05) is 17.8 Å². The maximum absolute atomic E-state index is 13.5. The molecule has 3 heterocycles. The standard InChI is InChI=1S/C21H26FN5O2/c1-14-9-17(3-4-19(14)22)24-21(29)26-12-20-18(10-23-27(20)11-15(26)2)16-5-7-25(13-28)8-6-16/h3-4,9-10,13,15-16H,5-8,11-12H2,1-2H3,(H,24,29). The molecule has 4 rings (SSSR count). The minimum atomic E-state index is -0.288. The number of anilines is 1. The molecule has 2 aliphatic heterocycles. The number of hydrogen-bond donors (Lipinski definition) is 1. The number of halogens is 1. The normalized spacial score (nSPS) is 19.8. The molecule has 0 bridgehead atoms. The molecule has 7 nitrogen and oxygen atoms in total. The average molecular weight is 399 g/mol. The van der Waals surface area contributed by atoms with Crippen molar-refractivity contribution in [2.75, 3.05) is 18.4 Å². The molecular weight excluding hydrogens is 373 g/mol. The molecule has 0 radical (unpaired) electrons. The summed E-state index contributed by atoms with van der Waals surface area (Å²) in [4.78, 5) is 27.5. The molecule has 8 heteroatoms. The Kier molecular flexibility index (Phi) is 5.25. The van der Waals surface area contributed by atoms with E-state index in [1.54, 1.807) is 28.9 Å². The van der Waals surface area contributed by atoms with Crippen LogP contribution in [0.25, 0.3) is 0 Å². The monoisotopic (exact) mass is 399 g/mol. The van der Waals surface area contributed by atoms with Gasteiger partial charge in [-0.1, -0.05) is 0 Å². The van der Waals surface area contributed by atoms with Gasteiger partial charge in [0.2, 0.25) is 6.41 Å². The van der Waals surface area contributed by atoms with Crippen molar-refractivity contribution in [1.29, 1.82) is 0 Å². The Morgan fingerprint density at radius 3 is 2.76 bits per heavy atom. The number of aromatic nitrogens is 2. The lowest BCUT2D eigenvalue weighted by Crippen LogP contribution is -2.47. The molecule has 1 atom stereocenters. The van der Waals surface area contributed by atoms with Gasteiger partial charge in [0.05, 0.1) is 31.0 Å². The highest BCUT2D eigenvalue weighted by Crippen LogP contribution is 2.32. The maximum atomic E-state index is 13.5. The molecule has 1 fully saturated rings. The van der Waals surface area contributed by atoms with Crippen molar-refractivity contribution in [2.24, 2.45) is 0 Å². The fraction of sp³-hybridized carbons (Fsp3) is 0.476. The maximum Gasteiger partial charge on any atom is 0.322 e. The number of aryl methyl sites for hydroxylation is 1. The number of nitrogens with one attached hydrogen (secondary N) is 1. The van der Waals surface area contributed by atoms with Crippen LogP contribution in [-0.2, 0) is 17.9 Å². The molecule has 2 aromatic rings. The Morgan fingerprint density at radius 1 is 1.31 bits per heavy atom. The first-order chi connectivity index (χ1) is 14.0. The first kappa shape index (κ1) is 19.4. The van der Waals surface area contributed by atoms with Gasteiger partial charge in [-0.15, -0.1) is 0 Å². The first-order valence-corrected chi connectivity index (χ1v) is 10.0.